The molecular formula is C13H16ClNO2. The Balaban J connectivity index is 2.85. The van der Waals surface area contributed by atoms with Crippen LogP contribution in [0, 0.1) is 6.92 Å². The number of nitrogens with zero attached hydrogens (tertiary/aromatic N) is 1. The Bertz CT molecular complexity index is 418. The summed E-state index contributed by atoms with van der Waals surface area (Å²) in [5, 5.41) is 9.23. The van der Waals surface area contributed by atoms with Gasteiger partial charge in [0.05, 0.1) is 13.0 Å². The monoisotopic (exact) mass is 253 g/mol. The lowest BCUT2D eigenvalue weighted by Gasteiger charge is -2.25. The van der Waals surface area contributed by atoms with Gasteiger partial charge in [-0.2, -0.15) is 0 Å². The molecular weight excluding hydrogens is 238 g/mol. The minimum Gasteiger partial charge on any atom is -0.481 e. The first-order valence-corrected chi connectivity index (χ1v) is 5.74. The van der Waals surface area contributed by atoms with Crippen LogP contribution in [0.2, 0.25) is 0 Å². The second-order valence-corrected chi connectivity index (χ2v) is 4.40. The highest BCUT2D eigenvalue weighted by Gasteiger charge is 2.11. The molecule has 0 saturated heterocycles. The molecule has 0 fully saturated rings. The SMILES string of the molecule is C=C(Cl)CN(CCC(=O)O)c1ccccc1C. The van der Waals surface area contributed by atoms with E-state index in [0.29, 0.717) is 18.1 Å². The topological polar surface area (TPSA) is 40.5 Å². The molecule has 0 atom stereocenters. The molecule has 0 bridgehead atoms. The predicted octanol–water partition coefficient (Wildman–Crippen LogP) is 3.03. The van der Waals surface area contributed by atoms with Gasteiger partial charge in [0.1, 0.15) is 0 Å². The van der Waals surface area contributed by atoms with Crippen LogP contribution in [0.3, 0.4) is 0 Å². The van der Waals surface area contributed by atoms with E-state index >= 15 is 0 Å². The maximum absolute atomic E-state index is 10.6. The third-order valence-corrected chi connectivity index (χ3v) is 2.53. The molecule has 1 aromatic carbocycles. The smallest absolute Gasteiger partial charge is 0.305 e. The number of hydrogen-bond acceptors (Lipinski definition) is 2. The van der Waals surface area contributed by atoms with E-state index in [1.807, 2.05) is 36.1 Å². The molecule has 0 saturated carbocycles. The van der Waals surface area contributed by atoms with E-state index in [1.165, 1.54) is 0 Å². The quantitative estimate of drug-likeness (QED) is 0.847. The minimum atomic E-state index is -0.816. The van der Waals surface area contributed by atoms with Crippen LogP contribution in [-0.4, -0.2) is 24.2 Å². The molecule has 17 heavy (non-hydrogen) atoms. The number of benzene rings is 1. The molecule has 1 rings (SSSR count). The predicted molar refractivity (Wildman–Crippen MR) is 70.6 cm³/mol. The van der Waals surface area contributed by atoms with Crippen molar-refractivity contribution in [3.8, 4) is 0 Å². The lowest BCUT2D eigenvalue weighted by Crippen LogP contribution is -2.28. The normalized spacial score (nSPS) is 10.0. The number of carboxylic acid groups (broad SMARTS) is 1. The third-order valence-electron chi connectivity index (χ3n) is 2.41. The standard InChI is InChI=1S/C13H16ClNO2/c1-10-5-3-4-6-12(10)15(9-11(2)14)8-7-13(16)17/h3-6H,2,7-9H2,1H3,(H,16,17). The molecule has 92 valence electrons. The summed E-state index contributed by atoms with van der Waals surface area (Å²) in [5.74, 6) is -0.816. The Hall–Kier alpha value is -1.48. The molecule has 0 aliphatic carbocycles. The molecule has 0 amide bonds. The van der Waals surface area contributed by atoms with Crippen LogP contribution in [0.5, 0.6) is 0 Å². The maximum atomic E-state index is 10.6. The zero-order chi connectivity index (χ0) is 12.8. The number of hydrogen-bond donors (Lipinski definition) is 1. The van der Waals surface area contributed by atoms with Crippen LogP contribution in [-0.2, 0) is 4.79 Å². The van der Waals surface area contributed by atoms with Crippen molar-refractivity contribution >= 4 is 23.3 Å². The second kappa shape index (κ2) is 6.30. The van der Waals surface area contributed by atoms with Gasteiger partial charge in [-0.05, 0) is 18.6 Å². The summed E-state index contributed by atoms with van der Waals surface area (Å²) in [7, 11) is 0. The number of halogens is 1. The van der Waals surface area contributed by atoms with Crippen LogP contribution in [0.25, 0.3) is 0 Å². The molecule has 0 aliphatic rings. The number of carboxylic acids is 1. The van der Waals surface area contributed by atoms with Crippen molar-refractivity contribution in [2.24, 2.45) is 0 Å². The van der Waals surface area contributed by atoms with Crippen molar-refractivity contribution in [2.45, 2.75) is 13.3 Å². The van der Waals surface area contributed by atoms with Gasteiger partial charge in [-0.1, -0.05) is 36.4 Å². The number of anilines is 1. The zero-order valence-corrected chi connectivity index (χ0v) is 10.6. The van der Waals surface area contributed by atoms with Gasteiger partial charge in [0.25, 0.3) is 0 Å². The number of aryl methyl sites for hydroxylation is 1. The summed E-state index contributed by atoms with van der Waals surface area (Å²) in [6, 6.07) is 7.81. The zero-order valence-electron chi connectivity index (χ0n) is 9.82. The summed E-state index contributed by atoms with van der Waals surface area (Å²) >= 11 is 5.81. The highest BCUT2D eigenvalue weighted by atomic mass is 35.5. The minimum absolute atomic E-state index is 0.0818. The number of carbonyl (C=O) groups is 1. The van der Waals surface area contributed by atoms with Crippen molar-refractivity contribution in [1.29, 1.82) is 0 Å². The molecule has 0 aromatic heterocycles. The van der Waals surface area contributed by atoms with Crippen molar-refractivity contribution in [3.63, 3.8) is 0 Å². The van der Waals surface area contributed by atoms with Gasteiger partial charge in [0.2, 0.25) is 0 Å². The largest absolute Gasteiger partial charge is 0.481 e. The molecule has 0 radical (unpaired) electrons. The van der Waals surface area contributed by atoms with Gasteiger partial charge >= 0.3 is 5.97 Å². The van der Waals surface area contributed by atoms with E-state index in [1.54, 1.807) is 0 Å². The first-order valence-electron chi connectivity index (χ1n) is 5.36. The number of aliphatic carboxylic acids is 1. The molecule has 0 aliphatic heterocycles. The fraction of sp³-hybridized carbons (Fsp3) is 0.308. The van der Waals surface area contributed by atoms with E-state index in [4.69, 9.17) is 16.7 Å². The highest BCUT2D eigenvalue weighted by molar-refractivity contribution is 6.29. The molecule has 4 heteroatoms. The fourth-order valence-corrected chi connectivity index (χ4v) is 1.78. The second-order valence-electron chi connectivity index (χ2n) is 3.87. The van der Waals surface area contributed by atoms with Gasteiger partial charge in [0.15, 0.2) is 0 Å². The first kappa shape index (κ1) is 13.6. The van der Waals surface area contributed by atoms with Crippen LogP contribution in [0.15, 0.2) is 35.9 Å². The number of rotatable bonds is 6. The Morgan fingerprint density at radius 3 is 2.65 bits per heavy atom. The Kier molecular flexibility index (Phi) is 5.04. The van der Waals surface area contributed by atoms with Crippen molar-refractivity contribution < 1.29 is 9.90 Å². The first-order chi connectivity index (χ1) is 8.00. The maximum Gasteiger partial charge on any atom is 0.305 e. The fourth-order valence-electron chi connectivity index (χ4n) is 1.64. The van der Waals surface area contributed by atoms with Gasteiger partial charge < -0.3 is 10.0 Å². The summed E-state index contributed by atoms with van der Waals surface area (Å²) in [4.78, 5) is 12.6. The van der Waals surface area contributed by atoms with Gasteiger partial charge in [-0.3, -0.25) is 4.79 Å². The average Bonchev–Trinajstić information content (AvgIpc) is 2.24. The Labute approximate surface area is 106 Å². The summed E-state index contributed by atoms with van der Waals surface area (Å²) in [5.41, 5.74) is 2.09. The van der Waals surface area contributed by atoms with Gasteiger partial charge in [-0.15, -0.1) is 0 Å². The van der Waals surface area contributed by atoms with E-state index in [2.05, 4.69) is 6.58 Å². The van der Waals surface area contributed by atoms with Crippen LogP contribution < -0.4 is 4.90 Å². The van der Waals surface area contributed by atoms with Crippen molar-refractivity contribution in [1.82, 2.24) is 0 Å². The van der Waals surface area contributed by atoms with Gasteiger partial charge in [-0.25, -0.2) is 0 Å². The summed E-state index contributed by atoms with van der Waals surface area (Å²) in [6.45, 7) is 6.52. The van der Waals surface area contributed by atoms with E-state index in [0.717, 1.165) is 11.3 Å². The Morgan fingerprint density at radius 1 is 1.47 bits per heavy atom. The molecule has 0 heterocycles. The summed E-state index contributed by atoms with van der Waals surface area (Å²) < 4.78 is 0. The Morgan fingerprint density at radius 2 is 2.12 bits per heavy atom. The third kappa shape index (κ3) is 4.49. The van der Waals surface area contributed by atoms with E-state index in [-0.39, 0.29) is 6.42 Å². The van der Waals surface area contributed by atoms with Crippen LogP contribution >= 0.6 is 11.6 Å². The molecule has 0 spiro atoms. The van der Waals surface area contributed by atoms with Crippen LogP contribution in [0.1, 0.15) is 12.0 Å². The van der Waals surface area contributed by atoms with Crippen molar-refractivity contribution in [2.75, 3.05) is 18.0 Å². The molecule has 1 N–H and O–H groups in total. The molecule has 0 unspecified atom stereocenters. The van der Waals surface area contributed by atoms with Gasteiger partial charge in [0, 0.05) is 17.3 Å². The molecule has 3 nitrogen and oxygen atoms in total. The molecule has 1 aromatic rings. The van der Waals surface area contributed by atoms with E-state index < -0.39 is 5.97 Å². The highest BCUT2D eigenvalue weighted by Crippen LogP contribution is 2.21. The lowest BCUT2D eigenvalue weighted by molar-refractivity contribution is -0.136. The summed E-state index contributed by atoms with van der Waals surface area (Å²) in [6.07, 6.45) is 0.0818. The van der Waals surface area contributed by atoms with E-state index in [9.17, 15) is 4.79 Å². The van der Waals surface area contributed by atoms with Crippen molar-refractivity contribution in [3.05, 3.63) is 41.4 Å². The lowest BCUT2D eigenvalue weighted by atomic mass is 10.1. The average molecular weight is 254 g/mol. The number of para-hydroxylation sites is 1. The van der Waals surface area contributed by atoms with Crippen LogP contribution in [0.4, 0.5) is 5.69 Å².